The van der Waals surface area contributed by atoms with E-state index in [1.807, 2.05) is 0 Å². The van der Waals surface area contributed by atoms with Crippen molar-refractivity contribution in [2.45, 2.75) is 12.8 Å². The molecule has 0 heterocycles. The van der Waals surface area contributed by atoms with Crippen LogP contribution in [0.1, 0.15) is 12.8 Å². The minimum Gasteiger partial charge on any atom is -0.396 e. The van der Waals surface area contributed by atoms with E-state index < -0.39 is 0 Å². The van der Waals surface area contributed by atoms with Gasteiger partial charge in [-0.2, -0.15) is 0 Å². The van der Waals surface area contributed by atoms with Gasteiger partial charge in [-0.15, -0.1) is 0 Å². The van der Waals surface area contributed by atoms with Crippen LogP contribution in [0.3, 0.4) is 0 Å². The van der Waals surface area contributed by atoms with Gasteiger partial charge in [-0.05, 0) is 42.4 Å². The summed E-state index contributed by atoms with van der Waals surface area (Å²) in [4.78, 5) is 0. The van der Waals surface area contributed by atoms with Gasteiger partial charge in [0.05, 0.1) is 0 Å². The van der Waals surface area contributed by atoms with Gasteiger partial charge in [0, 0.05) is 6.61 Å². The summed E-state index contributed by atoms with van der Waals surface area (Å²) < 4.78 is 0. The van der Waals surface area contributed by atoms with Crippen molar-refractivity contribution in [1.82, 2.24) is 0 Å². The van der Waals surface area contributed by atoms with Gasteiger partial charge in [-0.25, -0.2) is 0 Å². The molecule has 1 N–H and O–H groups in total. The predicted octanol–water partition coefficient (Wildman–Crippen LogP) is 3.11. The second-order valence-corrected chi connectivity index (χ2v) is 5.38. The molecule has 0 spiro atoms. The van der Waals surface area contributed by atoms with Crippen LogP contribution in [0.15, 0.2) is 48.6 Å². The fourth-order valence-electron chi connectivity index (χ4n) is 3.88. The lowest BCUT2D eigenvalue weighted by Gasteiger charge is -2.23. The van der Waals surface area contributed by atoms with Crippen LogP contribution in [-0.2, 0) is 0 Å². The first-order valence-electron chi connectivity index (χ1n) is 6.72. The molecule has 1 nitrogen and oxygen atoms in total. The van der Waals surface area contributed by atoms with Gasteiger partial charge in [-0.1, -0.05) is 48.6 Å². The van der Waals surface area contributed by atoms with Crippen LogP contribution in [0.25, 0.3) is 0 Å². The summed E-state index contributed by atoms with van der Waals surface area (Å²) in [6, 6.07) is 0. The summed E-state index contributed by atoms with van der Waals surface area (Å²) in [5, 5.41) is 9.05. The fourth-order valence-corrected chi connectivity index (χ4v) is 3.88. The fraction of sp³-hybridized carbons (Fsp3) is 0.500. The van der Waals surface area contributed by atoms with Crippen LogP contribution in [0.4, 0.5) is 0 Å². The highest BCUT2D eigenvalue weighted by Crippen LogP contribution is 2.52. The van der Waals surface area contributed by atoms with Gasteiger partial charge in [0.25, 0.3) is 0 Å². The molecular weight excluding hydrogens is 208 g/mol. The Morgan fingerprint density at radius 2 is 1.18 bits per heavy atom. The van der Waals surface area contributed by atoms with Crippen molar-refractivity contribution in [3.05, 3.63) is 48.6 Å². The van der Waals surface area contributed by atoms with Gasteiger partial charge < -0.3 is 5.11 Å². The van der Waals surface area contributed by atoms with Crippen molar-refractivity contribution in [2.24, 2.45) is 29.6 Å². The maximum Gasteiger partial charge on any atom is 0.0431 e. The van der Waals surface area contributed by atoms with Gasteiger partial charge in [-0.3, -0.25) is 0 Å². The highest BCUT2D eigenvalue weighted by atomic mass is 16.2. The standard InChI is InChI=1S/C16H20O/c17-11-5-10-16-14-8-3-1-6-12(14)13-7-2-4-9-15(13)16/h1-4,6-9,12-17H,5,10-11H2. The summed E-state index contributed by atoms with van der Waals surface area (Å²) in [5.41, 5.74) is 0. The van der Waals surface area contributed by atoms with Crippen LogP contribution in [0.5, 0.6) is 0 Å². The van der Waals surface area contributed by atoms with Gasteiger partial charge >= 0.3 is 0 Å². The summed E-state index contributed by atoms with van der Waals surface area (Å²) in [6.07, 6.45) is 20.4. The number of fused-ring (bicyclic) bond motifs is 3. The van der Waals surface area contributed by atoms with E-state index in [2.05, 4.69) is 48.6 Å². The molecule has 1 fully saturated rings. The SMILES string of the molecule is OCCCC1C2C=CC=CC2C2C=CC=CC21. The Morgan fingerprint density at radius 1 is 0.706 bits per heavy atom. The largest absolute Gasteiger partial charge is 0.396 e. The van der Waals surface area contributed by atoms with Gasteiger partial charge in [0.2, 0.25) is 0 Å². The Morgan fingerprint density at radius 3 is 1.65 bits per heavy atom. The lowest BCUT2D eigenvalue weighted by Crippen LogP contribution is -2.16. The molecule has 0 amide bonds. The van der Waals surface area contributed by atoms with E-state index >= 15 is 0 Å². The molecule has 4 atom stereocenters. The second kappa shape index (κ2) is 4.66. The van der Waals surface area contributed by atoms with Crippen molar-refractivity contribution >= 4 is 0 Å². The molecule has 1 heteroatoms. The second-order valence-electron chi connectivity index (χ2n) is 5.38. The Bertz CT molecular complexity index is 354. The van der Waals surface area contributed by atoms with E-state index in [-0.39, 0.29) is 0 Å². The minimum atomic E-state index is 0.324. The Hall–Kier alpha value is -1.08. The zero-order valence-corrected chi connectivity index (χ0v) is 10.1. The Balaban J connectivity index is 1.86. The summed E-state index contributed by atoms with van der Waals surface area (Å²) in [6.45, 7) is 0.324. The summed E-state index contributed by atoms with van der Waals surface area (Å²) in [5.74, 6) is 3.41. The molecule has 1 saturated carbocycles. The molecule has 0 aromatic carbocycles. The number of rotatable bonds is 3. The van der Waals surface area contributed by atoms with Crippen molar-refractivity contribution in [3.8, 4) is 0 Å². The van der Waals surface area contributed by atoms with Crippen molar-refractivity contribution < 1.29 is 5.11 Å². The molecule has 3 aliphatic rings. The molecule has 0 radical (unpaired) electrons. The molecule has 0 saturated heterocycles. The molecule has 0 aliphatic heterocycles. The zero-order valence-electron chi connectivity index (χ0n) is 10.1. The maximum absolute atomic E-state index is 9.05. The van der Waals surface area contributed by atoms with E-state index in [9.17, 15) is 0 Å². The highest BCUT2D eigenvalue weighted by molar-refractivity contribution is 5.28. The molecule has 0 bridgehead atoms. The summed E-state index contributed by atoms with van der Waals surface area (Å²) in [7, 11) is 0. The van der Waals surface area contributed by atoms with E-state index in [0.29, 0.717) is 36.2 Å². The predicted molar refractivity (Wildman–Crippen MR) is 70.3 cm³/mol. The van der Waals surface area contributed by atoms with Crippen LogP contribution < -0.4 is 0 Å². The molecule has 0 aromatic heterocycles. The van der Waals surface area contributed by atoms with Crippen LogP contribution in [0.2, 0.25) is 0 Å². The van der Waals surface area contributed by atoms with E-state index in [1.165, 1.54) is 0 Å². The monoisotopic (exact) mass is 228 g/mol. The molecule has 4 unspecified atom stereocenters. The Kier molecular flexibility index (Phi) is 3.02. The Labute approximate surface area is 103 Å². The number of aliphatic hydroxyl groups is 1. The van der Waals surface area contributed by atoms with Gasteiger partial charge in [0.15, 0.2) is 0 Å². The quantitative estimate of drug-likeness (QED) is 0.787. The van der Waals surface area contributed by atoms with Crippen LogP contribution in [-0.4, -0.2) is 11.7 Å². The third-order valence-electron chi connectivity index (χ3n) is 4.57. The summed E-state index contributed by atoms with van der Waals surface area (Å²) >= 11 is 0. The van der Waals surface area contributed by atoms with E-state index in [1.54, 1.807) is 0 Å². The number of hydrogen-bond donors (Lipinski definition) is 1. The lowest BCUT2D eigenvalue weighted by atomic mass is 9.82. The minimum absolute atomic E-state index is 0.324. The zero-order chi connectivity index (χ0) is 11.7. The average Bonchev–Trinajstić information content (AvgIpc) is 2.71. The first kappa shape index (κ1) is 11.0. The van der Waals surface area contributed by atoms with Gasteiger partial charge in [0.1, 0.15) is 0 Å². The molecule has 90 valence electrons. The first-order valence-corrected chi connectivity index (χ1v) is 6.72. The van der Waals surface area contributed by atoms with Crippen LogP contribution in [0, 0.1) is 29.6 Å². The lowest BCUT2D eigenvalue weighted by molar-refractivity contribution is 0.252. The molecule has 17 heavy (non-hydrogen) atoms. The highest BCUT2D eigenvalue weighted by Gasteiger charge is 2.46. The molecular formula is C16H20O. The van der Waals surface area contributed by atoms with Crippen molar-refractivity contribution in [3.63, 3.8) is 0 Å². The molecule has 3 aliphatic carbocycles. The average molecular weight is 228 g/mol. The van der Waals surface area contributed by atoms with Crippen molar-refractivity contribution in [1.29, 1.82) is 0 Å². The molecule has 0 aromatic rings. The third-order valence-corrected chi connectivity index (χ3v) is 4.57. The third kappa shape index (κ3) is 1.83. The van der Waals surface area contributed by atoms with Crippen LogP contribution >= 0.6 is 0 Å². The molecule has 3 rings (SSSR count). The number of aliphatic hydroxyl groups excluding tert-OH is 1. The van der Waals surface area contributed by atoms with E-state index in [4.69, 9.17) is 5.11 Å². The number of hydrogen-bond acceptors (Lipinski definition) is 1. The maximum atomic E-state index is 9.05. The first-order chi connectivity index (χ1) is 8.42. The number of allylic oxidation sites excluding steroid dienone is 8. The normalized spacial score (nSPS) is 41.6. The smallest absolute Gasteiger partial charge is 0.0431 e. The topological polar surface area (TPSA) is 20.2 Å². The van der Waals surface area contributed by atoms with E-state index in [0.717, 1.165) is 12.8 Å². The van der Waals surface area contributed by atoms with Crippen molar-refractivity contribution in [2.75, 3.05) is 6.61 Å².